The molecule has 0 spiro atoms. The number of ether oxygens (including phenoxy) is 1. The lowest BCUT2D eigenvalue weighted by atomic mass is 10.1. The Hall–Kier alpha value is -1.76. The van der Waals surface area contributed by atoms with E-state index >= 15 is 0 Å². The van der Waals surface area contributed by atoms with Gasteiger partial charge in [-0.15, -0.1) is 0 Å². The van der Waals surface area contributed by atoms with E-state index in [4.69, 9.17) is 4.74 Å². The normalized spacial score (nSPS) is 12.5. The van der Waals surface area contributed by atoms with Gasteiger partial charge in [0.05, 0.1) is 12.9 Å². The first kappa shape index (κ1) is 17.3. The predicted molar refractivity (Wildman–Crippen MR) is 82.9 cm³/mol. The number of rotatable bonds is 10. The molecule has 0 saturated carbocycles. The summed E-state index contributed by atoms with van der Waals surface area (Å²) in [6.45, 7) is 2.02. The van der Waals surface area contributed by atoms with E-state index in [1.54, 1.807) is 31.4 Å². The highest BCUT2D eigenvalue weighted by Crippen LogP contribution is 2.16. The maximum absolute atomic E-state index is 12.1. The van der Waals surface area contributed by atoms with Crippen LogP contribution in [0.1, 0.15) is 26.2 Å². The second-order valence-corrected chi connectivity index (χ2v) is 6.50. The highest BCUT2D eigenvalue weighted by Gasteiger charge is 2.18. The van der Waals surface area contributed by atoms with Gasteiger partial charge in [-0.1, -0.05) is 19.8 Å². The molecule has 0 radical (unpaired) electrons. The van der Waals surface area contributed by atoms with Gasteiger partial charge in [0.1, 0.15) is 5.75 Å². The molecule has 1 atom stereocenters. The van der Waals surface area contributed by atoms with Crippen LogP contribution in [0.25, 0.3) is 0 Å². The van der Waals surface area contributed by atoms with Crippen LogP contribution >= 0.6 is 0 Å². The molecule has 0 aliphatic heterocycles. The molecule has 1 amide bonds. The molecule has 0 heterocycles. The Morgan fingerprint density at radius 1 is 1.29 bits per heavy atom. The second-order valence-electron chi connectivity index (χ2n) is 4.74. The van der Waals surface area contributed by atoms with Gasteiger partial charge >= 0.3 is 0 Å². The molecule has 0 fully saturated rings. The van der Waals surface area contributed by atoms with Crippen molar-refractivity contribution >= 4 is 22.1 Å². The number of methoxy groups -OCH3 is 1. The standard InChI is InChI=1S/C14H22N2O4S/c1-3-4-5-13(15-11-17)10-21(18,19)16-12-6-8-14(20-2)9-7-12/h6-9,11,13,16H,3-5,10H2,1-2H3,(H,15,17)/t13-/m0/s1. The summed E-state index contributed by atoms with van der Waals surface area (Å²) in [5.74, 6) is 0.513. The molecule has 7 heteroatoms. The summed E-state index contributed by atoms with van der Waals surface area (Å²) >= 11 is 0. The molecule has 0 aliphatic rings. The van der Waals surface area contributed by atoms with Crippen LogP contribution in [-0.2, 0) is 14.8 Å². The Morgan fingerprint density at radius 3 is 2.48 bits per heavy atom. The molecular formula is C14H22N2O4S. The average Bonchev–Trinajstić information content (AvgIpc) is 2.45. The van der Waals surface area contributed by atoms with Gasteiger partial charge in [0, 0.05) is 11.7 Å². The van der Waals surface area contributed by atoms with E-state index in [0.29, 0.717) is 24.3 Å². The highest BCUT2D eigenvalue weighted by atomic mass is 32.2. The number of hydrogen-bond donors (Lipinski definition) is 2. The number of carbonyl (C=O) groups is 1. The lowest BCUT2D eigenvalue weighted by Gasteiger charge is -2.16. The van der Waals surface area contributed by atoms with Crippen LogP contribution in [0.2, 0.25) is 0 Å². The lowest BCUT2D eigenvalue weighted by molar-refractivity contribution is -0.110. The van der Waals surface area contributed by atoms with E-state index in [2.05, 4.69) is 10.0 Å². The van der Waals surface area contributed by atoms with E-state index in [1.165, 1.54) is 0 Å². The van der Waals surface area contributed by atoms with Crippen molar-refractivity contribution in [3.05, 3.63) is 24.3 Å². The first-order valence-corrected chi connectivity index (χ1v) is 8.50. The molecule has 21 heavy (non-hydrogen) atoms. The maximum atomic E-state index is 12.1. The van der Waals surface area contributed by atoms with E-state index in [-0.39, 0.29) is 11.8 Å². The Morgan fingerprint density at radius 2 is 1.95 bits per heavy atom. The fourth-order valence-corrected chi connectivity index (χ4v) is 3.28. The minimum Gasteiger partial charge on any atom is -0.497 e. The fourth-order valence-electron chi connectivity index (χ4n) is 1.91. The first-order chi connectivity index (χ1) is 10.0. The van der Waals surface area contributed by atoms with Crippen LogP contribution in [0.5, 0.6) is 5.75 Å². The average molecular weight is 314 g/mol. The smallest absolute Gasteiger partial charge is 0.234 e. The van der Waals surface area contributed by atoms with Gasteiger partial charge in [0.15, 0.2) is 0 Å². The van der Waals surface area contributed by atoms with E-state index < -0.39 is 10.0 Å². The van der Waals surface area contributed by atoms with Gasteiger partial charge < -0.3 is 10.1 Å². The van der Waals surface area contributed by atoms with Crippen LogP contribution in [0.15, 0.2) is 24.3 Å². The van der Waals surface area contributed by atoms with E-state index in [9.17, 15) is 13.2 Å². The summed E-state index contributed by atoms with van der Waals surface area (Å²) in [6, 6.07) is 6.24. The van der Waals surface area contributed by atoms with Crippen molar-refractivity contribution in [2.75, 3.05) is 17.6 Å². The molecule has 1 aromatic rings. The summed E-state index contributed by atoms with van der Waals surface area (Å²) in [5, 5.41) is 2.56. The summed E-state index contributed by atoms with van der Waals surface area (Å²) in [4.78, 5) is 10.6. The molecule has 0 aliphatic carbocycles. The van der Waals surface area contributed by atoms with Gasteiger partial charge in [-0.2, -0.15) is 0 Å². The van der Waals surface area contributed by atoms with Gasteiger partial charge in [-0.25, -0.2) is 8.42 Å². The van der Waals surface area contributed by atoms with Crippen molar-refractivity contribution < 1.29 is 17.9 Å². The molecule has 0 aromatic heterocycles. The molecule has 118 valence electrons. The van der Waals surface area contributed by atoms with E-state index in [1.807, 2.05) is 6.92 Å². The number of carbonyl (C=O) groups excluding carboxylic acids is 1. The summed E-state index contributed by atoms with van der Waals surface area (Å²) in [7, 11) is -1.97. The molecule has 1 aromatic carbocycles. The second kappa shape index (κ2) is 8.51. The third-order valence-corrected chi connectivity index (χ3v) is 4.38. The number of sulfonamides is 1. The molecule has 0 saturated heterocycles. The minimum absolute atomic E-state index is 0.141. The number of anilines is 1. The summed E-state index contributed by atoms with van der Waals surface area (Å²) in [5.41, 5.74) is 0.469. The maximum Gasteiger partial charge on any atom is 0.234 e. The molecule has 0 bridgehead atoms. The third kappa shape index (κ3) is 6.48. The molecule has 0 unspecified atom stereocenters. The summed E-state index contributed by atoms with van der Waals surface area (Å²) in [6.07, 6.45) is 2.99. The van der Waals surface area contributed by atoms with Crippen molar-refractivity contribution in [2.45, 2.75) is 32.2 Å². The Bertz CT molecular complexity index is 528. The number of unbranched alkanes of at least 4 members (excludes halogenated alkanes) is 1. The monoisotopic (exact) mass is 314 g/mol. The van der Waals surface area contributed by atoms with Crippen molar-refractivity contribution in [3.63, 3.8) is 0 Å². The topological polar surface area (TPSA) is 84.5 Å². The fraction of sp³-hybridized carbons (Fsp3) is 0.500. The zero-order valence-electron chi connectivity index (χ0n) is 12.3. The van der Waals surface area contributed by atoms with Crippen molar-refractivity contribution in [1.82, 2.24) is 5.32 Å². The van der Waals surface area contributed by atoms with Crippen LogP contribution in [0, 0.1) is 0 Å². The van der Waals surface area contributed by atoms with Crippen LogP contribution in [-0.4, -0.2) is 33.7 Å². The minimum atomic E-state index is -3.52. The first-order valence-electron chi connectivity index (χ1n) is 6.85. The third-order valence-electron chi connectivity index (χ3n) is 2.99. The number of amides is 1. The lowest BCUT2D eigenvalue weighted by Crippen LogP contribution is -2.36. The predicted octanol–water partition coefficient (Wildman–Crippen LogP) is 1.74. The number of hydrogen-bond acceptors (Lipinski definition) is 4. The van der Waals surface area contributed by atoms with Crippen LogP contribution in [0.3, 0.4) is 0 Å². The Balaban J connectivity index is 2.67. The molecule has 6 nitrogen and oxygen atoms in total. The van der Waals surface area contributed by atoms with Gasteiger partial charge in [-0.05, 0) is 30.7 Å². The summed E-state index contributed by atoms with van der Waals surface area (Å²) < 4.78 is 31.7. The van der Waals surface area contributed by atoms with Gasteiger partial charge in [0.2, 0.25) is 16.4 Å². The highest BCUT2D eigenvalue weighted by molar-refractivity contribution is 7.92. The Kier molecular flexibility index (Phi) is 7.01. The van der Waals surface area contributed by atoms with Gasteiger partial charge in [0.25, 0.3) is 0 Å². The van der Waals surface area contributed by atoms with Crippen molar-refractivity contribution in [1.29, 1.82) is 0 Å². The zero-order chi connectivity index (χ0) is 15.7. The van der Waals surface area contributed by atoms with E-state index in [0.717, 1.165) is 12.8 Å². The van der Waals surface area contributed by atoms with Crippen LogP contribution < -0.4 is 14.8 Å². The SMILES string of the molecule is CCCC[C@@H](CS(=O)(=O)Nc1ccc(OC)cc1)NC=O. The zero-order valence-corrected chi connectivity index (χ0v) is 13.2. The number of nitrogens with one attached hydrogen (secondary N) is 2. The van der Waals surface area contributed by atoms with Gasteiger partial charge in [-0.3, -0.25) is 9.52 Å². The molecule has 2 N–H and O–H groups in total. The molecule has 1 rings (SSSR count). The van der Waals surface area contributed by atoms with Crippen LogP contribution in [0.4, 0.5) is 5.69 Å². The molecular weight excluding hydrogens is 292 g/mol. The quantitative estimate of drug-likeness (QED) is 0.644. The van der Waals surface area contributed by atoms with Crippen molar-refractivity contribution in [2.24, 2.45) is 0 Å². The van der Waals surface area contributed by atoms with Crippen molar-refractivity contribution in [3.8, 4) is 5.75 Å². The largest absolute Gasteiger partial charge is 0.497 e. The Labute approximate surface area is 125 Å². The number of benzene rings is 1.